The highest BCUT2D eigenvalue weighted by Gasteiger charge is 2.10. The number of aromatic nitrogens is 1. The first-order chi connectivity index (χ1) is 6.58. The number of aromatic carboxylic acids is 1. The molecule has 1 heterocycles. The first-order valence-corrected chi connectivity index (χ1v) is 4.79. The molecule has 2 rings (SSSR count). The normalized spacial score (nSPS) is 10.6. The molecule has 1 aromatic carbocycles. The smallest absolute Gasteiger partial charge is 0.335 e. The number of fused-ring (bicyclic) bond motifs is 1. The summed E-state index contributed by atoms with van der Waals surface area (Å²) in [5.41, 5.74) is 7.01. The van der Waals surface area contributed by atoms with Gasteiger partial charge in [-0.3, -0.25) is 0 Å². The maximum atomic E-state index is 10.7. The van der Waals surface area contributed by atoms with Crippen LogP contribution >= 0.6 is 11.3 Å². The van der Waals surface area contributed by atoms with Gasteiger partial charge in [0.05, 0.1) is 21.0 Å². The highest BCUT2D eigenvalue weighted by molar-refractivity contribution is 7.18. The van der Waals surface area contributed by atoms with Gasteiger partial charge in [0, 0.05) is 0 Å². The minimum Gasteiger partial charge on any atom is -0.478 e. The number of aryl methyl sites for hydroxylation is 1. The van der Waals surface area contributed by atoms with Crippen molar-refractivity contribution in [3.63, 3.8) is 0 Å². The van der Waals surface area contributed by atoms with E-state index in [-0.39, 0.29) is 5.56 Å². The zero-order valence-corrected chi connectivity index (χ0v) is 8.26. The Bertz CT molecular complexity index is 519. The Morgan fingerprint density at radius 1 is 1.57 bits per heavy atom. The standard InChI is InChI=1S/C9H8N2O2S/c1-4-11-8-6(10)2-5(9(12)13)3-7(8)14-4/h2-3H,10H2,1H3,(H,12,13). The number of rotatable bonds is 1. The molecule has 0 amide bonds. The summed E-state index contributed by atoms with van der Waals surface area (Å²) in [4.78, 5) is 14.9. The Balaban J connectivity index is 2.77. The van der Waals surface area contributed by atoms with Gasteiger partial charge in [-0.25, -0.2) is 9.78 Å². The molecule has 1 aromatic heterocycles. The van der Waals surface area contributed by atoms with Gasteiger partial charge in [0.25, 0.3) is 0 Å². The van der Waals surface area contributed by atoms with Gasteiger partial charge in [0.1, 0.15) is 5.52 Å². The number of carboxylic acids is 1. The van der Waals surface area contributed by atoms with Crippen LogP contribution in [0.5, 0.6) is 0 Å². The summed E-state index contributed by atoms with van der Waals surface area (Å²) in [6.07, 6.45) is 0. The van der Waals surface area contributed by atoms with Crippen molar-refractivity contribution in [2.45, 2.75) is 6.92 Å². The molecule has 0 saturated carbocycles. The van der Waals surface area contributed by atoms with Crippen molar-refractivity contribution < 1.29 is 9.90 Å². The molecule has 0 aliphatic rings. The Morgan fingerprint density at radius 3 is 2.93 bits per heavy atom. The van der Waals surface area contributed by atoms with E-state index in [9.17, 15) is 4.79 Å². The lowest BCUT2D eigenvalue weighted by Crippen LogP contribution is -1.97. The first kappa shape index (κ1) is 8.96. The summed E-state index contributed by atoms with van der Waals surface area (Å²) in [6, 6.07) is 3.03. The molecule has 3 N–H and O–H groups in total. The van der Waals surface area contributed by atoms with Gasteiger partial charge in [-0.2, -0.15) is 0 Å². The number of nitrogen functional groups attached to an aromatic ring is 1. The van der Waals surface area contributed by atoms with E-state index in [4.69, 9.17) is 10.8 Å². The summed E-state index contributed by atoms with van der Waals surface area (Å²) < 4.78 is 0.819. The van der Waals surface area contributed by atoms with Crippen LogP contribution < -0.4 is 5.73 Å². The Labute approximate surface area is 84.0 Å². The Morgan fingerprint density at radius 2 is 2.29 bits per heavy atom. The number of hydrogen-bond acceptors (Lipinski definition) is 4. The molecule has 4 nitrogen and oxygen atoms in total. The van der Waals surface area contributed by atoms with E-state index in [1.165, 1.54) is 17.4 Å². The van der Waals surface area contributed by atoms with E-state index in [0.29, 0.717) is 11.2 Å². The van der Waals surface area contributed by atoms with Crippen LogP contribution in [-0.4, -0.2) is 16.1 Å². The topological polar surface area (TPSA) is 76.2 Å². The second kappa shape index (κ2) is 2.95. The molecule has 0 fully saturated rings. The fourth-order valence-electron chi connectivity index (χ4n) is 1.29. The average molecular weight is 208 g/mol. The van der Waals surface area contributed by atoms with Crippen LogP contribution in [-0.2, 0) is 0 Å². The lowest BCUT2D eigenvalue weighted by Gasteiger charge is -1.97. The molecule has 0 bridgehead atoms. The molecule has 0 spiro atoms. The maximum Gasteiger partial charge on any atom is 0.335 e. The fourth-order valence-corrected chi connectivity index (χ4v) is 2.19. The van der Waals surface area contributed by atoms with Gasteiger partial charge in [-0.1, -0.05) is 0 Å². The van der Waals surface area contributed by atoms with Crippen LogP contribution in [0.1, 0.15) is 15.4 Å². The van der Waals surface area contributed by atoms with Gasteiger partial charge in [0.2, 0.25) is 0 Å². The Hall–Kier alpha value is -1.62. The van der Waals surface area contributed by atoms with Crippen molar-refractivity contribution in [3.8, 4) is 0 Å². The number of nitrogens with two attached hydrogens (primary N) is 1. The van der Waals surface area contributed by atoms with Crippen LogP contribution in [0, 0.1) is 6.92 Å². The van der Waals surface area contributed by atoms with E-state index < -0.39 is 5.97 Å². The first-order valence-electron chi connectivity index (χ1n) is 3.98. The molecule has 0 atom stereocenters. The molecule has 14 heavy (non-hydrogen) atoms. The maximum absolute atomic E-state index is 10.7. The fraction of sp³-hybridized carbons (Fsp3) is 0.111. The van der Waals surface area contributed by atoms with Crippen molar-refractivity contribution >= 4 is 33.2 Å². The molecular weight excluding hydrogens is 200 g/mol. The van der Waals surface area contributed by atoms with Gasteiger partial charge >= 0.3 is 5.97 Å². The highest BCUT2D eigenvalue weighted by Crippen LogP contribution is 2.27. The summed E-state index contributed by atoms with van der Waals surface area (Å²) in [5, 5.41) is 9.69. The summed E-state index contributed by atoms with van der Waals surface area (Å²) >= 11 is 1.44. The van der Waals surface area contributed by atoms with E-state index in [2.05, 4.69) is 4.98 Å². The number of anilines is 1. The monoisotopic (exact) mass is 208 g/mol. The van der Waals surface area contributed by atoms with Crippen molar-refractivity contribution in [2.24, 2.45) is 0 Å². The predicted octanol–water partition coefficient (Wildman–Crippen LogP) is 1.89. The number of carboxylic acid groups (broad SMARTS) is 1. The van der Waals surface area contributed by atoms with Crippen LogP contribution in [0.3, 0.4) is 0 Å². The van der Waals surface area contributed by atoms with E-state index in [1.54, 1.807) is 6.07 Å². The summed E-state index contributed by atoms with van der Waals surface area (Å²) in [7, 11) is 0. The molecule has 0 saturated heterocycles. The van der Waals surface area contributed by atoms with E-state index in [0.717, 1.165) is 9.71 Å². The minimum atomic E-state index is -0.968. The second-order valence-electron chi connectivity index (χ2n) is 2.95. The van der Waals surface area contributed by atoms with Crippen molar-refractivity contribution in [1.29, 1.82) is 0 Å². The van der Waals surface area contributed by atoms with Crippen LogP contribution in [0.15, 0.2) is 12.1 Å². The van der Waals surface area contributed by atoms with Crippen molar-refractivity contribution in [2.75, 3.05) is 5.73 Å². The minimum absolute atomic E-state index is 0.207. The van der Waals surface area contributed by atoms with Gasteiger partial charge in [-0.05, 0) is 19.1 Å². The molecule has 0 radical (unpaired) electrons. The molecule has 72 valence electrons. The second-order valence-corrected chi connectivity index (χ2v) is 4.19. The van der Waals surface area contributed by atoms with E-state index >= 15 is 0 Å². The third-order valence-corrected chi connectivity index (χ3v) is 2.80. The van der Waals surface area contributed by atoms with Crippen LogP contribution in [0.25, 0.3) is 10.2 Å². The van der Waals surface area contributed by atoms with Gasteiger partial charge < -0.3 is 10.8 Å². The average Bonchev–Trinajstić information content (AvgIpc) is 2.45. The van der Waals surface area contributed by atoms with Crippen molar-refractivity contribution in [3.05, 3.63) is 22.7 Å². The molecule has 0 aliphatic carbocycles. The Kier molecular flexibility index (Phi) is 1.89. The zero-order chi connectivity index (χ0) is 10.3. The zero-order valence-electron chi connectivity index (χ0n) is 7.44. The molecular formula is C9H8N2O2S. The van der Waals surface area contributed by atoms with E-state index in [1.807, 2.05) is 6.92 Å². The number of hydrogen-bond donors (Lipinski definition) is 2. The third-order valence-electron chi connectivity index (χ3n) is 1.88. The molecule has 0 aliphatic heterocycles. The number of carbonyl (C=O) groups is 1. The molecule has 0 unspecified atom stereocenters. The lowest BCUT2D eigenvalue weighted by atomic mass is 10.2. The number of thiazole rings is 1. The SMILES string of the molecule is Cc1nc2c(N)cc(C(=O)O)cc2s1. The van der Waals surface area contributed by atoms with Crippen LogP contribution in [0.4, 0.5) is 5.69 Å². The molecule has 2 aromatic rings. The van der Waals surface area contributed by atoms with Gasteiger partial charge in [0.15, 0.2) is 0 Å². The number of nitrogens with zero attached hydrogens (tertiary/aromatic N) is 1. The van der Waals surface area contributed by atoms with Gasteiger partial charge in [-0.15, -0.1) is 11.3 Å². The highest BCUT2D eigenvalue weighted by atomic mass is 32.1. The molecule has 5 heteroatoms. The summed E-state index contributed by atoms with van der Waals surface area (Å²) in [5.74, 6) is -0.968. The predicted molar refractivity (Wildman–Crippen MR) is 55.7 cm³/mol. The third kappa shape index (κ3) is 1.31. The van der Waals surface area contributed by atoms with Crippen molar-refractivity contribution in [1.82, 2.24) is 4.98 Å². The van der Waals surface area contributed by atoms with Crippen LogP contribution in [0.2, 0.25) is 0 Å². The lowest BCUT2D eigenvalue weighted by molar-refractivity contribution is 0.0697. The number of benzene rings is 1. The largest absolute Gasteiger partial charge is 0.478 e. The quantitative estimate of drug-likeness (QED) is 0.701. The summed E-state index contributed by atoms with van der Waals surface area (Å²) in [6.45, 7) is 1.87.